The van der Waals surface area contributed by atoms with Crippen LogP contribution in [0.3, 0.4) is 0 Å². The summed E-state index contributed by atoms with van der Waals surface area (Å²) in [5.74, 6) is -3.01. The Morgan fingerprint density at radius 2 is 1.46 bits per heavy atom. The highest BCUT2D eigenvalue weighted by molar-refractivity contribution is 5.90. The van der Waals surface area contributed by atoms with Gasteiger partial charge < -0.3 is 0 Å². The van der Waals surface area contributed by atoms with Gasteiger partial charge in [0.1, 0.15) is 23.3 Å². The first-order valence-corrected chi connectivity index (χ1v) is 11.3. The van der Waals surface area contributed by atoms with Crippen molar-refractivity contribution in [3.05, 3.63) is 101 Å². The van der Waals surface area contributed by atoms with Gasteiger partial charge in [0.15, 0.2) is 0 Å². The van der Waals surface area contributed by atoms with Crippen molar-refractivity contribution in [2.75, 3.05) is 0 Å². The summed E-state index contributed by atoms with van der Waals surface area (Å²) in [6, 6.07) is 13.6. The second-order valence-electron chi connectivity index (χ2n) is 8.42. The van der Waals surface area contributed by atoms with Gasteiger partial charge in [-0.05, 0) is 59.2 Å². The Kier molecular flexibility index (Phi) is 7.29. The first-order valence-electron chi connectivity index (χ1n) is 11.3. The summed E-state index contributed by atoms with van der Waals surface area (Å²) >= 11 is 0. The Bertz CT molecular complexity index is 1390. The predicted octanol–water partition coefficient (Wildman–Crippen LogP) is 9.70. The molecule has 0 N–H and O–H groups in total. The molecule has 0 aliphatic rings. The van der Waals surface area contributed by atoms with E-state index in [-0.39, 0.29) is 27.6 Å². The average molecular weight is 484 g/mol. The lowest BCUT2D eigenvalue weighted by atomic mass is 9.95. The minimum absolute atomic E-state index is 0.0675. The van der Waals surface area contributed by atoms with Gasteiger partial charge in [-0.25, -0.2) is 17.6 Å². The minimum atomic E-state index is -2.01. The molecule has 0 aliphatic carbocycles. The molecule has 6 heteroatoms. The quantitative estimate of drug-likeness (QED) is 0.181. The molecule has 4 aromatic rings. The van der Waals surface area contributed by atoms with E-state index in [2.05, 4.69) is 0 Å². The molecule has 0 saturated carbocycles. The Morgan fingerprint density at radius 3 is 2.11 bits per heavy atom. The third-order valence-electron chi connectivity index (χ3n) is 5.99. The van der Waals surface area contributed by atoms with Crippen LogP contribution in [0.1, 0.15) is 37.3 Å². The second-order valence-corrected chi connectivity index (χ2v) is 8.42. The Morgan fingerprint density at radius 1 is 0.743 bits per heavy atom. The van der Waals surface area contributed by atoms with Crippen LogP contribution < -0.4 is 0 Å². The molecule has 35 heavy (non-hydrogen) atoms. The number of aryl methyl sites for hydroxylation is 1. The summed E-state index contributed by atoms with van der Waals surface area (Å²) in [5.41, 5.74) is 0.653. The standard InChI is InChI=1S/C29H22F6/c1-2-3-4-5-17-12-25(31)28(26(32)13-17)20-9-10-22(24(30)15-20)18-8-11-23-19(14-18)6-7-21(29(23)35)16-27(33)34/h6-16H,2-5H2,1H3. The number of halogens is 6. The summed E-state index contributed by atoms with van der Waals surface area (Å²) in [7, 11) is 0. The molecule has 0 radical (unpaired) electrons. The maximum absolute atomic E-state index is 15.0. The number of hydrogen-bond donors (Lipinski definition) is 0. The molecule has 0 bridgehead atoms. The summed E-state index contributed by atoms with van der Waals surface area (Å²) in [6.07, 6.45) is 1.79. The Balaban J connectivity index is 1.67. The van der Waals surface area contributed by atoms with Crippen LogP contribution in [0.5, 0.6) is 0 Å². The summed E-state index contributed by atoms with van der Waals surface area (Å²) in [4.78, 5) is 0. The zero-order valence-electron chi connectivity index (χ0n) is 18.9. The first kappa shape index (κ1) is 24.6. The van der Waals surface area contributed by atoms with Crippen LogP contribution in [0.15, 0.2) is 66.7 Å². The monoisotopic (exact) mass is 484 g/mol. The van der Waals surface area contributed by atoms with E-state index in [1.54, 1.807) is 0 Å². The SMILES string of the molecule is CCCCCc1cc(F)c(-c2ccc(-c3ccc4c(F)c(C=C(F)F)ccc4c3)c(F)c2)c(F)c1. The average Bonchev–Trinajstić information content (AvgIpc) is 2.80. The van der Waals surface area contributed by atoms with Crippen molar-refractivity contribution in [3.8, 4) is 22.3 Å². The number of hydrogen-bond acceptors (Lipinski definition) is 0. The van der Waals surface area contributed by atoms with E-state index >= 15 is 4.39 Å². The van der Waals surface area contributed by atoms with Gasteiger partial charge in [-0.3, -0.25) is 0 Å². The highest BCUT2D eigenvalue weighted by Gasteiger charge is 2.16. The van der Waals surface area contributed by atoms with Crippen molar-refractivity contribution in [1.29, 1.82) is 0 Å². The molecule has 0 amide bonds. The van der Waals surface area contributed by atoms with Crippen LogP contribution >= 0.6 is 0 Å². The molecule has 0 fully saturated rings. The lowest BCUT2D eigenvalue weighted by Crippen LogP contribution is -1.96. The number of fused-ring (bicyclic) bond motifs is 1. The summed E-state index contributed by atoms with van der Waals surface area (Å²) in [5, 5.41) is 0.514. The molecular weight excluding hydrogens is 462 g/mol. The van der Waals surface area contributed by atoms with Crippen LogP contribution in [-0.4, -0.2) is 0 Å². The molecule has 0 heterocycles. The van der Waals surface area contributed by atoms with Gasteiger partial charge in [0.25, 0.3) is 6.08 Å². The Hall–Kier alpha value is -3.54. The normalized spacial score (nSPS) is 11.2. The molecular formula is C29H22F6. The fourth-order valence-corrected chi connectivity index (χ4v) is 4.23. The molecule has 0 saturated heterocycles. The van der Waals surface area contributed by atoms with E-state index in [0.717, 1.165) is 25.3 Å². The van der Waals surface area contributed by atoms with Gasteiger partial charge in [-0.1, -0.05) is 56.2 Å². The van der Waals surface area contributed by atoms with Crippen LogP contribution in [0.25, 0.3) is 39.1 Å². The number of benzene rings is 4. The van der Waals surface area contributed by atoms with E-state index in [1.165, 1.54) is 54.6 Å². The molecule has 4 rings (SSSR count). The lowest BCUT2D eigenvalue weighted by Gasteiger charge is -2.11. The lowest BCUT2D eigenvalue weighted by molar-refractivity contribution is 0.429. The van der Waals surface area contributed by atoms with Gasteiger partial charge in [0, 0.05) is 22.6 Å². The van der Waals surface area contributed by atoms with Crippen molar-refractivity contribution in [1.82, 2.24) is 0 Å². The van der Waals surface area contributed by atoms with Gasteiger partial charge in [-0.15, -0.1) is 0 Å². The predicted molar refractivity (Wildman–Crippen MR) is 128 cm³/mol. The third-order valence-corrected chi connectivity index (χ3v) is 5.99. The molecule has 4 aromatic carbocycles. The van der Waals surface area contributed by atoms with Crippen LogP contribution in [0.4, 0.5) is 26.3 Å². The van der Waals surface area contributed by atoms with E-state index in [1.807, 2.05) is 6.92 Å². The zero-order chi connectivity index (χ0) is 25.1. The third kappa shape index (κ3) is 5.26. The zero-order valence-corrected chi connectivity index (χ0v) is 18.9. The molecule has 0 atom stereocenters. The number of unbranched alkanes of at least 4 members (excludes halogenated alkanes) is 2. The second kappa shape index (κ2) is 10.4. The van der Waals surface area contributed by atoms with E-state index in [0.29, 0.717) is 29.0 Å². The fraction of sp³-hybridized carbons (Fsp3) is 0.172. The van der Waals surface area contributed by atoms with Crippen molar-refractivity contribution in [2.45, 2.75) is 32.6 Å². The maximum atomic E-state index is 15.0. The molecule has 0 spiro atoms. The van der Waals surface area contributed by atoms with Crippen LogP contribution in [-0.2, 0) is 6.42 Å². The van der Waals surface area contributed by atoms with Gasteiger partial charge in [0.05, 0.1) is 5.56 Å². The maximum Gasteiger partial charge on any atom is 0.271 e. The highest BCUT2D eigenvalue weighted by Crippen LogP contribution is 2.34. The van der Waals surface area contributed by atoms with Crippen LogP contribution in [0.2, 0.25) is 0 Å². The van der Waals surface area contributed by atoms with E-state index < -0.39 is 29.3 Å². The molecule has 0 aromatic heterocycles. The molecule has 0 aliphatic heterocycles. The van der Waals surface area contributed by atoms with Crippen molar-refractivity contribution in [3.63, 3.8) is 0 Å². The number of rotatable bonds is 7. The fourth-order valence-electron chi connectivity index (χ4n) is 4.23. The summed E-state index contributed by atoms with van der Waals surface area (Å²) in [6.45, 7) is 2.05. The topological polar surface area (TPSA) is 0 Å². The van der Waals surface area contributed by atoms with E-state index in [9.17, 15) is 22.0 Å². The van der Waals surface area contributed by atoms with E-state index in [4.69, 9.17) is 0 Å². The highest BCUT2D eigenvalue weighted by atomic mass is 19.3. The van der Waals surface area contributed by atoms with Crippen molar-refractivity contribution >= 4 is 16.8 Å². The van der Waals surface area contributed by atoms with Crippen molar-refractivity contribution in [2.24, 2.45) is 0 Å². The molecule has 0 unspecified atom stereocenters. The molecule has 180 valence electrons. The minimum Gasteiger partial charge on any atom is -0.206 e. The largest absolute Gasteiger partial charge is 0.271 e. The Labute approximate surface area is 199 Å². The summed E-state index contributed by atoms with van der Waals surface area (Å²) < 4.78 is 84.1. The van der Waals surface area contributed by atoms with Gasteiger partial charge in [-0.2, -0.15) is 8.78 Å². The van der Waals surface area contributed by atoms with Crippen molar-refractivity contribution < 1.29 is 26.3 Å². The smallest absolute Gasteiger partial charge is 0.206 e. The first-order chi connectivity index (χ1) is 16.8. The van der Waals surface area contributed by atoms with Crippen LogP contribution in [0, 0.1) is 23.3 Å². The van der Waals surface area contributed by atoms with Gasteiger partial charge in [0.2, 0.25) is 0 Å². The molecule has 0 nitrogen and oxygen atoms in total. The van der Waals surface area contributed by atoms with Gasteiger partial charge >= 0.3 is 0 Å².